The molecule has 2 amide bonds. The predicted molar refractivity (Wildman–Crippen MR) is 83.5 cm³/mol. The Morgan fingerprint density at radius 1 is 1.22 bits per heavy atom. The quantitative estimate of drug-likeness (QED) is 0.643. The first-order chi connectivity index (χ1) is 11.1. The molecule has 0 saturated carbocycles. The van der Waals surface area contributed by atoms with Crippen molar-refractivity contribution in [3.63, 3.8) is 0 Å². The first-order valence-corrected chi connectivity index (χ1v) is 7.80. The number of pyridine rings is 1. The Morgan fingerprint density at radius 3 is 2.74 bits per heavy atom. The molecule has 0 aliphatic heterocycles. The third kappa shape index (κ3) is 4.68. The van der Waals surface area contributed by atoms with Crippen LogP contribution in [-0.2, 0) is 4.79 Å². The number of para-hydroxylation sites is 1. The van der Waals surface area contributed by atoms with Crippen LogP contribution in [0.15, 0.2) is 47.6 Å². The Labute approximate surface area is 136 Å². The summed E-state index contributed by atoms with van der Waals surface area (Å²) in [6, 6.07) is 8.95. The van der Waals surface area contributed by atoms with Crippen LogP contribution in [0, 0.1) is 5.82 Å². The molecule has 0 fully saturated rings. The van der Waals surface area contributed by atoms with E-state index in [1.54, 1.807) is 30.7 Å². The van der Waals surface area contributed by atoms with Crippen molar-refractivity contribution in [3.05, 3.63) is 54.0 Å². The highest BCUT2D eigenvalue weighted by molar-refractivity contribution is 7.98. The minimum absolute atomic E-state index is 0.0362. The number of ether oxygens (including phenoxy) is 1. The van der Waals surface area contributed by atoms with E-state index < -0.39 is 24.2 Å². The number of hydrazine groups is 1. The van der Waals surface area contributed by atoms with Gasteiger partial charge in [0.25, 0.3) is 11.8 Å². The highest BCUT2D eigenvalue weighted by atomic mass is 32.2. The molecule has 8 heteroatoms. The number of amides is 2. The fraction of sp³-hybridized carbons (Fsp3) is 0.133. The standard InChI is InChI=1S/C15H14FN3O3S/c1-23-15-10(5-4-8-17-15)14(21)19-18-13(20)9-22-12-7-3-2-6-11(12)16/h2-8H,9H2,1H3,(H,18,20)(H,19,21). The Bertz CT molecular complexity index is 712. The number of hydrogen-bond donors (Lipinski definition) is 2. The molecule has 23 heavy (non-hydrogen) atoms. The lowest BCUT2D eigenvalue weighted by Gasteiger charge is -2.10. The second-order valence-corrected chi connectivity index (χ2v) is 5.08. The number of nitrogens with zero attached hydrogens (tertiary/aromatic N) is 1. The zero-order valence-corrected chi connectivity index (χ0v) is 13.0. The summed E-state index contributed by atoms with van der Waals surface area (Å²) >= 11 is 1.32. The average Bonchev–Trinajstić information content (AvgIpc) is 2.58. The minimum Gasteiger partial charge on any atom is -0.481 e. The molecule has 0 atom stereocenters. The molecule has 0 saturated heterocycles. The van der Waals surface area contributed by atoms with Gasteiger partial charge in [-0.1, -0.05) is 12.1 Å². The Hall–Kier alpha value is -2.61. The van der Waals surface area contributed by atoms with E-state index in [1.165, 1.54) is 30.0 Å². The molecule has 6 nitrogen and oxygen atoms in total. The lowest BCUT2D eigenvalue weighted by Crippen LogP contribution is -2.44. The third-order valence-electron chi connectivity index (χ3n) is 2.72. The number of nitrogens with one attached hydrogen (secondary N) is 2. The molecule has 0 radical (unpaired) electrons. The first kappa shape index (κ1) is 16.8. The summed E-state index contributed by atoms with van der Waals surface area (Å²) in [7, 11) is 0. The van der Waals surface area contributed by atoms with E-state index in [-0.39, 0.29) is 5.75 Å². The maximum atomic E-state index is 13.3. The fourth-order valence-electron chi connectivity index (χ4n) is 1.66. The lowest BCUT2D eigenvalue weighted by atomic mass is 10.3. The van der Waals surface area contributed by atoms with Crippen LogP contribution in [0.2, 0.25) is 0 Å². The van der Waals surface area contributed by atoms with E-state index in [2.05, 4.69) is 15.8 Å². The molecule has 0 unspecified atom stereocenters. The maximum absolute atomic E-state index is 13.3. The number of carbonyl (C=O) groups is 2. The average molecular weight is 335 g/mol. The van der Waals surface area contributed by atoms with Gasteiger partial charge in [-0.15, -0.1) is 11.8 Å². The summed E-state index contributed by atoms with van der Waals surface area (Å²) < 4.78 is 18.3. The Kier molecular flexibility index (Phi) is 5.93. The zero-order chi connectivity index (χ0) is 16.7. The van der Waals surface area contributed by atoms with E-state index in [4.69, 9.17) is 4.74 Å². The number of thioether (sulfide) groups is 1. The molecule has 2 rings (SSSR count). The number of carbonyl (C=O) groups excluding carboxylic acids is 2. The monoisotopic (exact) mass is 335 g/mol. The first-order valence-electron chi connectivity index (χ1n) is 6.57. The van der Waals surface area contributed by atoms with Crippen molar-refractivity contribution in [1.29, 1.82) is 0 Å². The van der Waals surface area contributed by atoms with Gasteiger partial charge < -0.3 is 4.74 Å². The largest absolute Gasteiger partial charge is 0.481 e. The zero-order valence-electron chi connectivity index (χ0n) is 12.2. The van der Waals surface area contributed by atoms with E-state index in [0.717, 1.165) is 0 Å². The highest BCUT2D eigenvalue weighted by Gasteiger charge is 2.13. The van der Waals surface area contributed by atoms with Crippen molar-refractivity contribution < 1.29 is 18.7 Å². The molecule has 1 aromatic heterocycles. The van der Waals surface area contributed by atoms with Crippen LogP contribution in [0.3, 0.4) is 0 Å². The second kappa shape index (κ2) is 8.14. The van der Waals surface area contributed by atoms with Gasteiger partial charge >= 0.3 is 0 Å². The molecule has 120 valence electrons. The van der Waals surface area contributed by atoms with Crippen molar-refractivity contribution in [1.82, 2.24) is 15.8 Å². The highest BCUT2D eigenvalue weighted by Crippen LogP contribution is 2.16. The van der Waals surface area contributed by atoms with Crippen molar-refractivity contribution >= 4 is 23.6 Å². The van der Waals surface area contributed by atoms with Gasteiger partial charge in [0.2, 0.25) is 0 Å². The molecule has 0 aliphatic carbocycles. The van der Waals surface area contributed by atoms with Crippen molar-refractivity contribution in [3.8, 4) is 5.75 Å². The molecule has 0 spiro atoms. The van der Waals surface area contributed by atoms with Crippen LogP contribution in [0.5, 0.6) is 5.75 Å². The van der Waals surface area contributed by atoms with Crippen molar-refractivity contribution in [2.24, 2.45) is 0 Å². The summed E-state index contributed by atoms with van der Waals surface area (Å²) in [4.78, 5) is 27.7. The molecular formula is C15H14FN3O3S. The number of aromatic nitrogens is 1. The molecule has 2 aromatic rings. The normalized spacial score (nSPS) is 10.0. The Morgan fingerprint density at radius 2 is 2.00 bits per heavy atom. The van der Waals surface area contributed by atoms with Crippen LogP contribution >= 0.6 is 11.8 Å². The topological polar surface area (TPSA) is 80.3 Å². The second-order valence-electron chi connectivity index (χ2n) is 4.28. The van der Waals surface area contributed by atoms with E-state index in [1.807, 2.05) is 0 Å². The molecule has 0 bridgehead atoms. The summed E-state index contributed by atoms with van der Waals surface area (Å²) in [6.45, 7) is -0.427. The molecule has 0 aliphatic rings. The van der Waals surface area contributed by atoms with Gasteiger partial charge in [0.05, 0.1) is 5.56 Å². The van der Waals surface area contributed by atoms with Crippen LogP contribution in [0.4, 0.5) is 4.39 Å². The van der Waals surface area contributed by atoms with Gasteiger partial charge in [-0.2, -0.15) is 0 Å². The van der Waals surface area contributed by atoms with E-state index >= 15 is 0 Å². The SMILES string of the molecule is CSc1ncccc1C(=O)NNC(=O)COc1ccccc1F. The number of halogens is 1. The van der Waals surface area contributed by atoms with Gasteiger partial charge in [-0.05, 0) is 30.5 Å². The molecule has 1 heterocycles. The summed E-state index contributed by atoms with van der Waals surface area (Å²) in [5, 5.41) is 0.543. The van der Waals surface area contributed by atoms with Gasteiger partial charge in [0.1, 0.15) is 5.03 Å². The number of rotatable bonds is 5. The summed E-state index contributed by atoms with van der Waals surface area (Å²) in [5.74, 6) is -1.71. The number of hydrogen-bond acceptors (Lipinski definition) is 5. The smallest absolute Gasteiger partial charge is 0.276 e. The fourth-order valence-corrected chi connectivity index (χ4v) is 2.21. The molecule has 1 aromatic carbocycles. The molecular weight excluding hydrogens is 321 g/mol. The number of benzene rings is 1. The molecule has 2 N–H and O–H groups in total. The minimum atomic E-state index is -0.615. The van der Waals surface area contributed by atoms with Gasteiger partial charge in [0.15, 0.2) is 18.2 Å². The van der Waals surface area contributed by atoms with Crippen LogP contribution in [0.1, 0.15) is 10.4 Å². The van der Waals surface area contributed by atoms with E-state index in [0.29, 0.717) is 10.6 Å². The van der Waals surface area contributed by atoms with Crippen molar-refractivity contribution in [2.75, 3.05) is 12.9 Å². The van der Waals surface area contributed by atoms with Gasteiger partial charge in [0, 0.05) is 6.20 Å². The predicted octanol–water partition coefficient (Wildman–Crippen LogP) is 1.78. The summed E-state index contributed by atoms with van der Waals surface area (Å²) in [5.41, 5.74) is 4.80. The summed E-state index contributed by atoms with van der Waals surface area (Å²) in [6.07, 6.45) is 3.36. The van der Waals surface area contributed by atoms with Crippen LogP contribution in [-0.4, -0.2) is 29.7 Å². The third-order valence-corrected chi connectivity index (χ3v) is 3.43. The van der Waals surface area contributed by atoms with E-state index in [9.17, 15) is 14.0 Å². The van der Waals surface area contributed by atoms with Crippen LogP contribution in [0.25, 0.3) is 0 Å². The van der Waals surface area contributed by atoms with Gasteiger partial charge in [-0.3, -0.25) is 20.4 Å². The maximum Gasteiger partial charge on any atom is 0.276 e. The Balaban J connectivity index is 1.84. The lowest BCUT2D eigenvalue weighted by molar-refractivity contribution is -0.123. The van der Waals surface area contributed by atoms with Crippen LogP contribution < -0.4 is 15.6 Å². The van der Waals surface area contributed by atoms with Gasteiger partial charge in [-0.25, -0.2) is 9.37 Å². The van der Waals surface area contributed by atoms with Crippen molar-refractivity contribution in [2.45, 2.75) is 5.03 Å².